The molecular weight excluding hydrogens is 1260 g/mol. The molecule has 21 rings (SSSR count). The molecule has 0 spiro atoms. The highest BCUT2D eigenvalue weighted by atomic mass is 15.0. The van der Waals surface area contributed by atoms with Gasteiger partial charge in [0.25, 0.3) is 0 Å². The Kier molecular flexibility index (Phi) is 14.5. The number of hydrogen-bond donors (Lipinski definition) is 0. The maximum Gasteiger partial charge on any atom is 0.0548 e. The lowest BCUT2D eigenvalue weighted by Gasteiger charge is -2.14. The average molecular weight is 1320 g/mol. The summed E-state index contributed by atoms with van der Waals surface area (Å²) in [6.45, 7) is 0. The highest BCUT2D eigenvalue weighted by Crippen LogP contribution is 2.44. The summed E-state index contributed by atoms with van der Waals surface area (Å²) in [4.78, 5) is 0. The van der Waals surface area contributed by atoms with Gasteiger partial charge in [0.2, 0.25) is 0 Å². The third-order valence-corrected chi connectivity index (χ3v) is 21.2. The van der Waals surface area contributed by atoms with Crippen molar-refractivity contribution >= 4 is 98.0 Å². The van der Waals surface area contributed by atoms with E-state index in [0.29, 0.717) is 0 Å². The second kappa shape index (κ2) is 25.1. The standard InChI is InChI=1S/C54H36N2.C46H30N2/c1-4-15-37(16-5-1)40-27-29-41(30-28-40)42-21-14-22-45(32-42)55-51-25-12-10-23-47(51)49-36-54-50(35-53(49)55)48-24-11-13-26-52(48)56(54)46-33-43(38-17-6-2-7-18-38)31-44(34-46)39-19-8-3-9-20-39;1-2-11-31(12-3-1)33-21-23-34(24-22-33)36-15-10-16-37(27-36)47-43-19-8-6-17-39(43)41-30-46-42(29-45(41)47)40-18-7-9-20-44(40)48(46)38-26-25-32-13-4-5-14-35(32)28-38/h1-36H;1-30H. The first-order valence-electron chi connectivity index (χ1n) is 35.8. The minimum atomic E-state index is 1.14. The number of fused-ring (bicyclic) bond motifs is 13. The molecule has 21 aromatic rings. The van der Waals surface area contributed by atoms with E-state index in [-0.39, 0.29) is 0 Å². The largest absolute Gasteiger partial charge is 0.309 e. The van der Waals surface area contributed by atoms with Crippen LogP contribution < -0.4 is 0 Å². The summed E-state index contributed by atoms with van der Waals surface area (Å²) in [6.07, 6.45) is 0. The van der Waals surface area contributed by atoms with Gasteiger partial charge in [-0.25, -0.2) is 0 Å². The first-order chi connectivity index (χ1) is 51.6. The van der Waals surface area contributed by atoms with Gasteiger partial charge in [0.15, 0.2) is 0 Å². The summed E-state index contributed by atoms with van der Waals surface area (Å²) in [7, 11) is 0. The van der Waals surface area contributed by atoms with Gasteiger partial charge in [-0.3, -0.25) is 0 Å². The zero-order valence-electron chi connectivity index (χ0n) is 56.9. The molecule has 0 unspecified atom stereocenters. The van der Waals surface area contributed by atoms with Gasteiger partial charge in [0, 0.05) is 65.8 Å². The summed E-state index contributed by atoms with van der Waals surface area (Å²) < 4.78 is 9.78. The monoisotopic (exact) mass is 1320 g/mol. The lowest BCUT2D eigenvalue weighted by molar-refractivity contribution is 1.17. The molecule has 0 fully saturated rings. The van der Waals surface area contributed by atoms with E-state index in [9.17, 15) is 0 Å². The van der Waals surface area contributed by atoms with Crippen molar-refractivity contribution in [2.45, 2.75) is 0 Å². The Bertz CT molecular complexity index is 6800. The Hall–Kier alpha value is -13.8. The second-order valence-electron chi connectivity index (χ2n) is 27.2. The molecule has 0 saturated carbocycles. The molecule has 4 heterocycles. The van der Waals surface area contributed by atoms with E-state index in [1.54, 1.807) is 0 Å². The predicted molar refractivity (Wildman–Crippen MR) is 440 cm³/mol. The third-order valence-electron chi connectivity index (χ3n) is 21.2. The summed E-state index contributed by atoms with van der Waals surface area (Å²) in [6, 6.07) is 146. The van der Waals surface area contributed by atoms with E-state index in [1.807, 2.05) is 0 Å². The summed E-state index contributed by atoms with van der Waals surface area (Å²) in [5.74, 6) is 0. The fraction of sp³-hybridized carbons (Fsp3) is 0. The van der Waals surface area contributed by atoms with Crippen LogP contribution >= 0.6 is 0 Å². The fourth-order valence-corrected chi connectivity index (χ4v) is 16.2. The van der Waals surface area contributed by atoms with Gasteiger partial charge < -0.3 is 18.3 Å². The smallest absolute Gasteiger partial charge is 0.0548 e. The number of para-hydroxylation sites is 4. The zero-order chi connectivity index (χ0) is 68.6. The van der Waals surface area contributed by atoms with Crippen LogP contribution in [0.2, 0.25) is 0 Å². The molecular formula is C100H66N4. The van der Waals surface area contributed by atoms with E-state index < -0.39 is 0 Å². The van der Waals surface area contributed by atoms with Gasteiger partial charge in [0.05, 0.1) is 44.1 Å². The van der Waals surface area contributed by atoms with Crippen molar-refractivity contribution in [3.8, 4) is 89.5 Å². The van der Waals surface area contributed by atoms with Gasteiger partial charge in [0.1, 0.15) is 0 Å². The highest BCUT2D eigenvalue weighted by molar-refractivity contribution is 6.21. The van der Waals surface area contributed by atoms with Crippen molar-refractivity contribution < 1.29 is 0 Å². The fourth-order valence-electron chi connectivity index (χ4n) is 16.2. The van der Waals surface area contributed by atoms with Crippen LogP contribution in [0.3, 0.4) is 0 Å². The minimum absolute atomic E-state index is 1.14. The number of benzene rings is 17. The molecule has 486 valence electrons. The van der Waals surface area contributed by atoms with Crippen LogP contribution in [-0.2, 0) is 0 Å². The number of nitrogens with zero attached hydrogens (tertiary/aromatic N) is 4. The average Bonchev–Trinajstić information content (AvgIpc) is 1.56. The number of rotatable bonds is 10. The van der Waals surface area contributed by atoms with Crippen LogP contribution in [0.25, 0.3) is 188 Å². The second-order valence-corrected chi connectivity index (χ2v) is 27.2. The molecule has 0 amide bonds. The Morgan fingerprint density at radius 1 is 0.115 bits per heavy atom. The van der Waals surface area contributed by atoms with E-state index in [0.717, 1.165) is 17.1 Å². The molecule has 104 heavy (non-hydrogen) atoms. The van der Waals surface area contributed by atoms with Gasteiger partial charge in [-0.05, 0) is 181 Å². The first kappa shape index (κ1) is 60.2. The third kappa shape index (κ3) is 10.4. The van der Waals surface area contributed by atoms with Crippen LogP contribution in [0.4, 0.5) is 0 Å². The molecule has 0 aliphatic heterocycles. The Labute approximate surface area is 602 Å². The van der Waals surface area contributed by atoms with E-state index in [2.05, 4.69) is 419 Å². The minimum Gasteiger partial charge on any atom is -0.309 e. The predicted octanol–water partition coefficient (Wildman–Crippen LogP) is 26.9. The maximum atomic E-state index is 2.47. The SMILES string of the molecule is c1ccc(-c2ccc(-c3cccc(-n4c5ccccc5c5cc6c(cc54)c4ccccc4n6-c4cc(-c5ccccc5)cc(-c5ccccc5)c4)c3)cc2)cc1.c1ccc(-c2ccc(-c3cccc(-n4c5ccccc5c5cc6c(cc54)c4ccccc4n6-c4ccc5ccccc5c4)c3)cc2)cc1. The molecule has 0 aliphatic rings. The van der Waals surface area contributed by atoms with E-state index >= 15 is 0 Å². The Morgan fingerprint density at radius 2 is 0.375 bits per heavy atom. The number of aromatic nitrogens is 4. The molecule has 4 heteroatoms. The van der Waals surface area contributed by atoms with Gasteiger partial charge in [-0.1, -0.05) is 297 Å². The van der Waals surface area contributed by atoms with Crippen molar-refractivity contribution in [3.63, 3.8) is 0 Å². The Morgan fingerprint density at radius 3 is 0.740 bits per heavy atom. The van der Waals surface area contributed by atoms with Crippen molar-refractivity contribution in [2.24, 2.45) is 0 Å². The molecule has 4 nitrogen and oxygen atoms in total. The molecule has 0 radical (unpaired) electrons. The molecule has 0 aliphatic carbocycles. The van der Waals surface area contributed by atoms with Crippen molar-refractivity contribution in [3.05, 3.63) is 400 Å². The maximum absolute atomic E-state index is 2.47. The zero-order valence-corrected chi connectivity index (χ0v) is 56.9. The molecule has 17 aromatic carbocycles. The molecule has 0 atom stereocenters. The van der Waals surface area contributed by atoms with E-state index in [4.69, 9.17) is 0 Å². The van der Waals surface area contributed by atoms with Gasteiger partial charge in [-0.15, -0.1) is 0 Å². The van der Waals surface area contributed by atoms with Gasteiger partial charge >= 0.3 is 0 Å². The van der Waals surface area contributed by atoms with Crippen LogP contribution in [-0.4, -0.2) is 18.3 Å². The molecule has 0 saturated heterocycles. The summed E-state index contributed by atoms with van der Waals surface area (Å²) in [5, 5.41) is 12.4. The quantitative estimate of drug-likeness (QED) is 0.130. The van der Waals surface area contributed by atoms with Crippen LogP contribution in [0, 0.1) is 0 Å². The normalized spacial score (nSPS) is 11.7. The van der Waals surface area contributed by atoms with Crippen molar-refractivity contribution in [1.29, 1.82) is 0 Å². The summed E-state index contributed by atoms with van der Waals surface area (Å²) >= 11 is 0. The van der Waals surface area contributed by atoms with Crippen molar-refractivity contribution in [1.82, 2.24) is 18.3 Å². The van der Waals surface area contributed by atoms with Crippen LogP contribution in [0.5, 0.6) is 0 Å². The lowest BCUT2D eigenvalue weighted by Crippen LogP contribution is -1.96. The molecule has 0 N–H and O–H groups in total. The Balaban J connectivity index is 0.000000140. The van der Waals surface area contributed by atoms with Crippen LogP contribution in [0.15, 0.2) is 400 Å². The molecule has 0 bridgehead atoms. The van der Waals surface area contributed by atoms with Crippen molar-refractivity contribution in [2.75, 3.05) is 0 Å². The lowest BCUT2D eigenvalue weighted by atomic mass is 9.98. The van der Waals surface area contributed by atoms with Crippen LogP contribution in [0.1, 0.15) is 0 Å². The highest BCUT2D eigenvalue weighted by Gasteiger charge is 2.22. The van der Waals surface area contributed by atoms with E-state index in [1.165, 1.54) is 170 Å². The molecule has 4 aromatic heterocycles. The topological polar surface area (TPSA) is 19.7 Å². The van der Waals surface area contributed by atoms with Gasteiger partial charge in [-0.2, -0.15) is 0 Å². The summed E-state index contributed by atoms with van der Waals surface area (Å²) in [5.41, 5.74) is 28.7. The number of hydrogen-bond acceptors (Lipinski definition) is 0. The first-order valence-corrected chi connectivity index (χ1v) is 35.8.